The number of aromatic nitrogens is 2. The lowest BCUT2D eigenvalue weighted by Crippen LogP contribution is -2.02. The predicted octanol–water partition coefficient (Wildman–Crippen LogP) is 7.44. The molecule has 0 aliphatic heterocycles. The van der Waals surface area contributed by atoms with Crippen molar-refractivity contribution in [2.24, 2.45) is 0 Å². The zero-order chi connectivity index (χ0) is 22.4. The summed E-state index contributed by atoms with van der Waals surface area (Å²) in [7, 11) is 0. The van der Waals surface area contributed by atoms with E-state index >= 15 is 0 Å². The Hall–Kier alpha value is -2.61. The minimum atomic E-state index is -0.368. The Labute approximate surface area is 197 Å². The average molecular weight is 483 g/mol. The molecular weight excluding hydrogens is 464 g/mol. The predicted molar refractivity (Wildman–Crippen MR) is 131 cm³/mol. The topological polar surface area (TPSA) is 69.1 Å². The van der Waals surface area contributed by atoms with Crippen molar-refractivity contribution in [2.45, 2.75) is 37.7 Å². The van der Waals surface area contributed by atoms with Crippen LogP contribution < -0.4 is 5.63 Å². The maximum atomic E-state index is 12.1. The van der Waals surface area contributed by atoms with Gasteiger partial charge in [-0.15, -0.1) is 21.5 Å². The summed E-state index contributed by atoms with van der Waals surface area (Å²) in [4.78, 5) is 12.9. The Morgan fingerprint density at radius 3 is 2.69 bits per heavy atom. The molecular formula is C24H19ClN2O3S2. The fourth-order valence-corrected chi connectivity index (χ4v) is 5.97. The molecule has 8 heteroatoms. The molecule has 5 rings (SSSR count). The highest BCUT2D eigenvalue weighted by molar-refractivity contribution is 7.98. The number of fused-ring (bicyclic) bond motifs is 2. The summed E-state index contributed by atoms with van der Waals surface area (Å²) in [5.74, 6) is 1.27. The molecule has 5 aromatic rings. The number of thioether (sulfide) groups is 1. The maximum absolute atomic E-state index is 12.1. The number of nitrogens with zero attached hydrogens (tertiary/aromatic N) is 2. The number of thiophene rings is 1. The summed E-state index contributed by atoms with van der Waals surface area (Å²) < 4.78 is 12.4. The zero-order valence-electron chi connectivity index (χ0n) is 17.6. The van der Waals surface area contributed by atoms with E-state index in [1.165, 1.54) is 34.7 Å². The SMILES string of the molecule is Cc1cc2oc(=O)cc(CSc3nnc(-c4sc5ccccc5c4Cl)o3)c2cc1C(C)C. The molecule has 3 heterocycles. The monoisotopic (exact) mass is 482 g/mol. The second-order valence-corrected chi connectivity index (χ2v) is 10.2. The van der Waals surface area contributed by atoms with Gasteiger partial charge in [-0.2, -0.15) is 0 Å². The van der Waals surface area contributed by atoms with Gasteiger partial charge in [0.2, 0.25) is 0 Å². The molecule has 0 aliphatic carbocycles. The quantitative estimate of drug-likeness (QED) is 0.191. The third kappa shape index (κ3) is 3.85. The Balaban J connectivity index is 1.45. The van der Waals surface area contributed by atoms with Crippen molar-refractivity contribution in [2.75, 3.05) is 0 Å². The summed E-state index contributed by atoms with van der Waals surface area (Å²) in [6.07, 6.45) is 0. The molecule has 0 fully saturated rings. The van der Waals surface area contributed by atoms with Gasteiger partial charge in [0.05, 0.1) is 5.02 Å². The average Bonchev–Trinajstić information content (AvgIpc) is 3.36. The van der Waals surface area contributed by atoms with Gasteiger partial charge in [-0.25, -0.2) is 4.79 Å². The van der Waals surface area contributed by atoms with Crippen LogP contribution in [0, 0.1) is 6.92 Å². The van der Waals surface area contributed by atoms with Crippen LogP contribution in [0.25, 0.3) is 31.8 Å². The van der Waals surface area contributed by atoms with E-state index in [2.05, 4.69) is 30.1 Å². The molecule has 0 radical (unpaired) electrons. The van der Waals surface area contributed by atoms with Crippen LogP contribution in [0.5, 0.6) is 0 Å². The lowest BCUT2D eigenvalue weighted by molar-refractivity contribution is 0.466. The van der Waals surface area contributed by atoms with E-state index in [4.69, 9.17) is 20.4 Å². The molecule has 162 valence electrons. The van der Waals surface area contributed by atoms with Gasteiger partial charge in [0.15, 0.2) is 0 Å². The van der Waals surface area contributed by atoms with E-state index in [1.54, 1.807) is 0 Å². The van der Waals surface area contributed by atoms with Crippen molar-refractivity contribution < 1.29 is 8.83 Å². The minimum absolute atomic E-state index is 0.368. The van der Waals surface area contributed by atoms with Crippen LogP contribution in [0.1, 0.15) is 36.5 Å². The number of hydrogen-bond donors (Lipinski definition) is 0. The van der Waals surface area contributed by atoms with E-state index in [0.717, 1.165) is 31.5 Å². The molecule has 5 nitrogen and oxygen atoms in total. The van der Waals surface area contributed by atoms with Crippen LogP contribution in [0.4, 0.5) is 0 Å². The normalized spacial score (nSPS) is 11.8. The minimum Gasteiger partial charge on any atom is -0.423 e. The molecule has 0 aliphatic rings. The Bertz CT molecular complexity index is 1520. The number of benzene rings is 2. The van der Waals surface area contributed by atoms with E-state index in [1.807, 2.05) is 37.3 Å². The third-order valence-corrected chi connectivity index (χ3v) is 7.86. The number of hydrogen-bond acceptors (Lipinski definition) is 7. The smallest absolute Gasteiger partial charge is 0.336 e. The van der Waals surface area contributed by atoms with Crippen molar-refractivity contribution in [1.82, 2.24) is 10.2 Å². The van der Waals surface area contributed by atoms with Gasteiger partial charge in [-0.3, -0.25) is 0 Å². The van der Waals surface area contributed by atoms with Gasteiger partial charge in [0, 0.05) is 27.3 Å². The summed E-state index contributed by atoms with van der Waals surface area (Å²) >= 11 is 9.45. The van der Waals surface area contributed by atoms with Crippen LogP contribution in [-0.4, -0.2) is 10.2 Å². The molecule has 0 saturated carbocycles. The van der Waals surface area contributed by atoms with Crippen LogP contribution in [0.15, 0.2) is 61.3 Å². The van der Waals surface area contributed by atoms with Gasteiger partial charge in [0.1, 0.15) is 10.5 Å². The van der Waals surface area contributed by atoms with Crippen molar-refractivity contribution in [3.05, 3.63) is 74.6 Å². The lowest BCUT2D eigenvalue weighted by Gasteiger charge is -2.12. The third-order valence-electron chi connectivity index (χ3n) is 5.33. The summed E-state index contributed by atoms with van der Waals surface area (Å²) in [6, 6.07) is 13.5. The summed E-state index contributed by atoms with van der Waals surface area (Å²) in [6.45, 7) is 6.34. The Kier molecular flexibility index (Phi) is 5.57. The van der Waals surface area contributed by atoms with Gasteiger partial charge in [-0.1, -0.05) is 55.4 Å². The molecule has 0 N–H and O–H groups in total. The molecule has 0 atom stereocenters. The van der Waals surface area contributed by atoms with Crippen molar-refractivity contribution >= 4 is 55.8 Å². The Morgan fingerprint density at radius 2 is 1.91 bits per heavy atom. The fourth-order valence-electron chi connectivity index (χ4n) is 3.78. The van der Waals surface area contributed by atoms with Gasteiger partial charge >= 0.3 is 5.63 Å². The summed E-state index contributed by atoms with van der Waals surface area (Å²) in [5, 5.41) is 11.3. The molecule has 0 unspecified atom stereocenters. The van der Waals surface area contributed by atoms with Gasteiger partial charge in [-0.05, 0) is 47.7 Å². The Morgan fingerprint density at radius 1 is 1.09 bits per heavy atom. The lowest BCUT2D eigenvalue weighted by atomic mass is 9.95. The molecule has 2 aromatic carbocycles. The highest BCUT2D eigenvalue weighted by Gasteiger charge is 2.18. The molecule has 0 saturated heterocycles. The largest absolute Gasteiger partial charge is 0.423 e. The van der Waals surface area contributed by atoms with Crippen LogP contribution in [0.2, 0.25) is 5.02 Å². The first-order valence-corrected chi connectivity index (χ1v) is 12.3. The van der Waals surface area contributed by atoms with Crippen molar-refractivity contribution in [3.63, 3.8) is 0 Å². The van der Waals surface area contributed by atoms with Gasteiger partial charge < -0.3 is 8.83 Å². The van der Waals surface area contributed by atoms with E-state index in [0.29, 0.717) is 33.4 Å². The second kappa shape index (κ2) is 8.39. The van der Waals surface area contributed by atoms with Gasteiger partial charge in [0.25, 0.3) is 11.1 Å². The molecule has 3 aromatic heterocycles. The van der Waals surface area contributed by atoms with Crippen LogP contribution in [0.3, 0.4) is 0 Å². The van der Waals surface area contributed by atoms with E-state index in [-0.39, 0.29) is 5.63 Å². The van der Waals surface area contributed by atoms with Crippen LogP contribution >= 0.6 is 34.7 Å². The highest BCUT2D eigenvalue weighted by Crippen LogP contribution is 2.42. The van der Waals surface area contributed by atoms with E-state index < -0.39 is 0 Å². The molecule has 0 spiro atoms. The maximum Gasteiger partial charge on any atom is 0.336 e. The first kappa shape index (κ1) is 21.2. The highest BCUT2D eigenvalue weighted by atomic mass is 35.5. The van der Waals surface area contributed by atoms with Crippen LogP contribution in [-0.2, 0) is 5.75 Å². The van der Waals surface area contributed by atoms with Crippen molar-refractivity contribution in [1.29, 1.82) is 0 Å². The molecule has 0 bridgehead atoms. The number of rotatable bonds is 5. The summed E-state index contributed by atoms with van der Waals surface area (Å²) in [5.41, 5.74) is 3.45. The number of aryl methyl sites for hydroxylation is 1. The molecule has 32 heavy (non-hydrogen) atoms. The first-order chi connectivity index (χ1) is 15.4. The zero-order valence-corrected chi connectivity index (χ0v) is 20.0. The number of halogens is 1. The standard InChI is InChI=1S/C24H19ClN2O3S2/c1-12(2)16-10-17-14(9-20(28)29-18(17)8-13(16)3)11-31-24-27-26-23(30-24)22-21(25)15-6-4-5-7-19(15)32-22/h4-10,12H,11H2,1-3H3. The second-order valence-electron chi connectivity index (χ2n) is 7.85. The van der Waals surface area contributed by atoms with E-state index in [9.17, 15) is 4.79 Å². The van der Waals surface area contributed by atoms with Crippen molar-refractivity contribution in [3.8, 4) is 10.8 Å². The molecule has 0 amide bonds. The first-order valence-electron chi connectivity index (χ1n) is 10.1. The fraction of sp³-hybridized carbons (Fsp3) is 0.208.